The van der Waals surface area contributed by atoms with Crippen molar-refractivity contribution in [2.45, 2.75) is 32.7 Å². The zero-order chi connectivity index (χ0) is 24.1. The lowest BCUT2D eigenvalue weighted by Crippen LogP contribution is -2.40. The van der Waals surface area contributed by atoms with Crippen LogP contribution in [0.25, 0.3) is 0 Å². The lowest BCUT2D eigenvalue weighted by molar-refractivity contribution is -0.121. The molecule has 3 rings (SSSR count). The van der Waals surface area contributed by atoms with Crippen LogP contribution >= 0.6 is 23.2 Å². The van der Waals surface area contributed by atoms with Gasteiger partial charge in [0.05, 0.1) is 33.8 Å². The quantitative estimate of drug-likeness (QED) is 0.320. The van der Waals surface area contributed by atoms with E-state index in [0.29, 0.717) is 23.2 Å². The van der Waals surface area contributed by atoms with Gasteiger partial charge in [0, 0.05) is 5.56 Å². The minimum absolute atomic E-state index is 0.0931. The van der Waals surface area contributed by atoms with E-state index in [9.17, 15) is 19.2 Å². The Kier molecular flexibility index (Phi) is 8.24. The first-order valence-corrected chi connectivity index (χ1v) is 11.3. The highest BCUT2D eigenvalue weighted by Crippen LogP contribution is 2.25. The van der Waals surface area contributed by atoms with E-state index in [-0.39, 0.29) is 34.4 Å². The Balaban J connectivity index is 1.59. The van der Waals surface area contributed by atoms with Gasteiger partial charge in [0.15, 0.2) is 12.4 Å². The molecule has 0 spiro atoms. The third kappa shape index (κ3) is 5.99. The fourth-order valence-electron chi connectivity index (χ4n) is 3.26. The molecule has 2 aromatic carbocycles. The third-order valence-electron chi connectivity index (χ3n) is 5.49. The Hall–Kier alpha value is -2.74. The monoisotopic (exact) mass is 490 g/mol. The highest BCUT2D eigenvalue weighted by atomic mass is 35.5. The number of carbonyl (C=O) groups is 4. The van der Waals surface area contributed by atoms with Crippen LogP contribution in [0.1, 0.15) is 47.4 Å². The van der Waals surface area contributed by atoms with Crippen LogP contribution in [-0.4, -0.2) is 42.8 Å². The molecule has 2 atom stereocenters. The first-order chi connectivity index (χ1) is 15.7. The van der Waals surface area contributed by atoms with Crippen LogP contribution in [0.2, 0.25) is 10.0 Å². The number of ketones is 1. The summed E-state index contributed by atoms with van der Waals surface area (Å²) in [6.07, 6.45) is 1.07. The predicted molar refractivity (Wildman–Crippen MR) is 126 cm³/mol. The molecule has 33 heavy (non-hydrogen) atoms. The van der Waals surface area contributed by atoms with E-state index >= 15 is 0 Å². The number of carbonyl (C=O) groups excluding carboxylic acids is 4. The fraction of sp³-hybridized carbons (Fsp3) is 0.333. The molecule has 174 valence electrons. The molecule has 2 unspecified atom stereocenters. The van der Waals surface area contributed by atoms with Crippen molar-refractivity contribution in [3.8, 4) is 0 Å². The van der Waals surface area contributed by atoms with Gasteiger partial charge >= 0.3 is 5.97 Å². The average Bonchev–Trinajstić information content (AvgIpc) is 3.10. The van der Waals surface area contributed by atoms with Crippen LogP contribution in [0, 0.1) is 5.92 Å². The molecule has 0 bridgehead atoms. The average molecular weight is 491 g/mol. The van der Waals surface area contributed by atoms with Gasteiger partial charge in [-0.1, -0.05) is 43.5 Å². The van der Waals surface area contributed by atoms with E-state index in [1.54, 1.807) is 0 Å². The number of amides is 2. The van der Waals surface area contributed by atoms with E-state index in [0.717, 1.165) is 11.3 Å². The number of esters is 1. The molecule has 0 radical (unpaired) electrons. The van der Waals surface area contributed by atoms with E-state index in [2.05, 4.69) is 19.2 Å². The summed E-state index contributed by atoms with van der Waals surface area (Å²) in [5.74, 6) is -1.35. The van der Waals surface area contributed by atoms with Crippen molar-refractivity contribution < 1.29 is 23.9 Å². The highest BCUT2D eigenvalue weighted by Gasteiger charge is 2.39. The number of benzene rings is 2. The molecule has 1 heterocycles. The number of hydrogen-bond donors (Lipinski definition) is 1. The standard InChI is InChI=1S/C24H24Cl2N2O5/c1-3-14(2)12-27-20-11-22(30)28(23(20)31)17-7-4-15(5-8-17)24(32)33-13-21(29)16-6-9-18(25)19(26)10-16/h4-10,14,20,27H,3,11-13H2,1-2H3. The molecule has 9 heteroatoms. The van der Waals surface area contributed by atoms with E-state index in [1.807, 2.05) is 0 Å². The van der Waals surface area contributed by atoms with Gasteiger partial charge in [0.2, 0.25) is 5.91 Å². The van der Waals surface area contributed by atoms with Gasteiger partial charge in [-0.05, 0) is 54.9 Å². The van der Waals surface area contributed by atoms with Gasteiger partial charge < -0.3 is 10.1 Å². The van der Waals surface area contributed by atoms with E-state index in [1.165, 1.54) is 42.5 Å². The van der Waals surface area contributed by atoms with Crippen molar-refractivity contribution in [1.29, 1.82) is 0 Å². The molecule has 1 saturated heterocycles. The third-order valence-corrected chi connectivity index (χ3v) is 6.23. The zero-order valence-electron chi connectivity index (χ0n) is 18.3. The van der Waals surface area contributed by atoms with Gasteiger partial charge in [-0.25, -0.2) is 9.69 Å². The summed E-state index contributed by atoms with van der Waals surface area (Å²) in [6.45, 7) is 4.32. The van der Waals surface area contributed by atoms with Crippen molar-refractivity contribution in [1.82, 2.24) is 5.32 Å². The second kappa shape index (κ2) is 10.9. The van der Waals surface area contributed by atoms with Crippen LogP contribution < -0.4 is 10.2 Å². The summed E-state index contributed by atoms with van der Waals surface area (Å²) in [7, 11) is 0. The summed E-state index contributed by atoms with van der Waals surface area (Å²) in [6, 6.07) is 9.74. The summed E-state index contributed by atoms with van der Waals surface area (Å²) >= 11 is 11.7. The Morgan fingerprint density at radius 2 is 1.76 bits per heavy atom. The number of halogens is 2. The summed E-state index contributed by atoms with van der Waals surface area (Å²) < 4.78 is 5.08. The first-order valence-electron chi connectivity index (χ1n) is 10.6. The van der Waals surface area contributed by atoms with Crippen LogP contribution in [0.5, 0.6) is 0 Å². The molecule has 1 aliphatic heterocycles. The molecule has 1 fully saturated rings. The molecule has 0 aromatic heterocycles. The van der Waals surface area contributed by atoms with Crippen LogP contribution in [0.4, 0.5) is 5.69 Å². The van der Waals surface area contributed by atoms with Crippen molar-refractivity contribution in [2.75, 3.05) is 18.1 Å². The SMILES string of the molecule is CCC(C)CNC1CC(=O)N(c2ccc(C(=O)OCC(=O)c3ccc(Cl)c(Cl)c3)cc2)C1=O. The van der Waals surface area contributed by atoms with Crippen LogP contribution in [0.3, 0.4) is 0 Å². The largest absolute Gasteiger partial charge is 0.454 e. The normalized spacial score (nSPS) is 16.7. The van der Waals surface area contributed by atoms with Gasteiger partial charge in [-0.2, -0.15) is 0 Å². The molecule has 2 aromatic rings. The fourth-order valence-corrected chi connectivity index (χ4v) is 3.56. The number of Topliss-reactive ketones (excluding diaryl/α,β-unsaturated/α-hetero) is 1. The van der Waals surface area contributed by atoms with Gasteiger partial charge in [0.1, 0.15) is 0 Å². The number of imide groups is 1. The van der Waals surface area contributed by atoms with Crippen LogP contribution in [0.15, 0.2) is 42.5 Å². The second-order valence-corrected chi connectivity index (χ2v) is 8.74. The zero-order valence-corrected chi connectivity index (χ0v) is 19.8. The number of hydrogen-bond acceptors (Lipinski definition) is 6. The van der Waals surface area contributed by atoms with Gasteiger partial charge in [0.25, 0.3) is 5.91 Å². The van der Waals surface area contributed by atoms with Crippen molar-refractivity contribution in [3.63, 3.8) is 0 Å². The maximum Gasteiger partial charge on any atom is 0.338 e. The Morgan fingerprint density at radius 1 is 1.09 bits per heavy atom. The molecular weight excluding hydrogens is 467 g/mol. The molecule has 2 amide bonds. The van der Waals surface area contributed by atoms with Crippen molar-refractivity contribution in [2.24, 2.45) is 5.92 Å². The summed E-state index contributed by atoms with van der Waals surface area (Å²) in [5.41, 5.74) is 0.836. The maximum atomic E-state index is 12.7. The second-order valence-electron chi connectivity index (χ2n) is 7.92. The smallest absolute Gasteiger partial charge is 0.338 e. The van der Waals surface area contributed by atoms with Gasteiger partial charge in [-0.3, -0.25) is 14.4 Å². The molecule has 1 N–H and O–H groups in total. The Morgan fingerprint density at radius 3 is 2.39 bits per heavy atom. The molecular formula is C24H24Cl2N2O5. The molecule has 1 aliphatic rings. The number of ether oxygens (including phenoxy) is 1. The highest BCUT2D eigenvalue weighted by molar-refractivity contribution is 6.42. The van der Waals surface area contributed by atoms with Crippen LogP contribution in [-0.2, 0) is 14.3 Å². The summed E-state index contributed by atoms with van der Waals surface area (Å²) in [4.78, 5) is 50.8. The molecule has 0 aliphatic carbocycles. The van der Waals surface area contributed by atoms with Crippen molar-refractivity contribution >= 4 is 52.5 Å². The van der Waals surface area contributed by atoms with E-state index < -0.39 is 24.4 Å². The first kappa shape index (κ1) is 24.9. The van der Waals surface area contributed by atoms with Crippen molar-refractivity contribution in [3.05, 3.63) is 63.6 Å². The minimum atomic E-state index is -0.706. The number of nitrogens with zero attached hydrogens (tertiary/aromatic N) is 1. The Bertz CT molecular complexity index is 1070. The lowest BCUT2D eigenvalue weighted by atomic mass is 10.1. The number of anilines is 1. The lowest BCUT2D eigenvalue weighted by Gasteiger charge is -2.17. The minimum Gasteiger partial charge on any atom is -0.454 e. The number of nitrogens with one attached hydrogen (secondary N) is 1. The molecule has 0 saturated carbocycles. The Labute approximate surface area is 202 Å². The van der Waals surface area contributed by atoms with Gasteiger partial charge in [-0.15, -0.1) is 0 Å². The molecule has 7 nitrogen and oxygen atoms in total. The topological polar surface area (TPSA) is 92.8 Å². The predicted octanol–water partition coefficient (Wildman–Crippen LogP) is 4.30. The number of rotatable bonds is 9. The maximum absolute atomic E-state index is 12.7. The van der Waals surface area contributed by atoms with E-state index in [4.69, 9.17) is 27.9 Å². The summed E-state index contributed by atoms with van der Waals surface area (Å²) in [5, 5.41) is 3.70.